The minimum Gasteiger partial charge on any atom is -0.360 e. The minimum atomic E-state index is -1.27. The van der Waals surface area contributed by atoms with Crippen LogP contribution in [-0.2, 0) is 9.59 Å². The minimum absolute atomic E-state index is 0.143. The average Bonchev–Trinajstić information content (AvgIpc) is 3.21. The molecule has 1 N–H and O–H groups in total. The highest BCUT2D eigenvalue weighted by Gasteiger charge is 2.45. The number of benzene rings is 1. The number of rotatable bonds is 6. The third kappa shape index (κ3) is 3.62. The van der Waals surface area contributed by atoms with Crippen molar-refractivity contribution in [2.24, 2.45) is 0 Å². The van der Waals surface area contributed by atoms with E-state index < -0.39 is 40.3 Å². The first kappa shape index (κ1) is 20.6. The van der Waals surface area contributed by atoms with Crippen LogP contribution in [-0.4, -0.2) is 63.1 Å². The van der Waals surface area contributed by atoms with Gasteiger partial charge in [0.15, 0.2) is 5.82 Å². The van der Waals surface area contributed by atoms with Gasteiger partial charge in [-0.25, -0.2) is 0 Å². The number of hydrogen-bond acceptors (Lipinski definition) is 8. The fraction of sp³-hybridized carbons (Fsp3) is 0.278. The summed E-state index contributed by atoms with van der Waals surface area (Å²) in [6.07, 6.45) is 0. The smallest absolute Gasteiger partial charge is 0.282 e. The highest BCUT2D eigenvalue weighted by atomic mass is 16.6. The van der Waals surface area contributed by atoms with E-state index in [1.165, 1.54) is 32.2 Å². The van der Waals surface area contributed by atoms with Gasteiger partial charge >= 0.3 is 0 Å². The zero-order valence-electron chi connectivity index (χ0n) is 16.2. The number of aromatic nitrogens is 1. The maximum absolute atomic E-state index is 12.7. The number of aryl methyl sites for hydroxylation is 1. The van der Waals surface area contributed by atoms with E-state index in [0.717, 1.165) is 11.0 Å². The summed E-state index contributed by atoms with van der Waals surface area (Å²) in [5, 5.41) is 17.3. The van der Waals surface area contributed by atoms with Crippen molar-refractivity contribution in [1.29, 1.82) is 0 Å². The van der Waals surface area contributed by atoms with Gasteiger partial charge in [0, 0.05) is 19.2 Å². The quantitative estimate of drug-likeness (QED) is 0.415. The summed E-state index contributed by atoms with van der Waals surface area (Å²) in [5.41, 5.74) is -1.01. The van der Waals surface area contributed by atoms with E-state index in [0.29, 0.717) is 10.7 Å². The van der Waals surface area contributed by atoms with Crippen LogP contribution >= 0.6 is 0 Å². The fourth-order valence-corrected chi connectivity index (χ4v) is 3.12. The lowest BCUT2D eigenvalue weighted by molar-refractivity contribution is -0.385. The second-order valence-corrected chi connectivity index (χ2v) is 6.68. The van der Waals surface area contributed by atoms with Crippen LogP contribution in [0.3, 0.4) is 0 Å². The lowest BCUT2D eigenvalue weighted by Crippen LogP contribution is -2.49. The Hall–Kier alpha value is -4.09. The number of likely N-dealkylation sites (N-methyl/N-ethyl adjacent to an activating group) is 1. The second-order valence-electron chi connectivity index (χ2n) is 6.68. The Morgan fingerprint density at radius 3 is 2.63 bits per heavy atom. The molecule has 30 heavy (non-hydrogen) atoms. The number of nitro groups is 1. The molecule has 2 heterocycles. The maximum atomic E-state index is 12.7. The first-order chi connectivity index (χ1) is 14.1. The number of fused-ring (bicyclic) bond motifs is 1. The van der Waals surface area contributed by atoms with Gasteiger partial charge in [0.1, 0.15) is 17.4 Å². The monoisotopic (exact) mass is 415 g/mol. The molecule has 0 unspecified atom stereocenters. The van der Waals surface area contributed by atoms with Crippen molar-refractivity contribution in [2.75, 3.05) is 18.9 Å². The second kappa shape index (κ2) is 7.73. The molecule has 3 rings (SSSR count). The Bertz CT molecular complexity index is 1080. The highest BCUT2D eigenvalue weighted by Crippen LogP contribution is 2.32. The van der Waals surface area contributed by atoms with Crippen LogP contribution in [0.1, 0.15) is 33.4 Å². The molecular formula is C18H17N5O7. The number of anilines is 1. The molecule has 0 radical (unpaired) electrons. The molecule has 1 atom stereocenters. The predicted octanol–water partition coefficient (Wildman–Crippen LogP) is 0.973. The van der Waals surface area contributed by atoms with Gasteiger partial charge in [-0.2, -0.15) is 0 Å². The number of imide groups is 1. The van der Waals surface area contributed by atoms with Gasteiger partial charge < -0.3 is 14.7 Å². The van der Waals surface area contributed by atoms with Crippen LogP contribution in [0.4, 0.5) is 11.5 Å². The summed E-state index contributed by atoms with van der Waals surface area (Å²) >= 11 is 0. The highest BCUT2D eigenvalue weighted by molar-refractivity contribution is 6.24. The number of carbonyl (C=O) groups is 4. The van der Waals surface area contributed by atoms with E-state index >= 15 is 0 Å². The zero-order valence-corrected chi connectivity index (χ0v) is 16.2. The largest absolute Gasteiger partial charge is 0.360 e. The number of nitro benzene ring substituents is 1. The molecule has 0 saturated carbocycles. The Labute approximate surface area is 169 Å². The molecular weight excluding hydrogens is 398 g/mol. The molecule has 12 nitrogen and oxygen atoms in total. The molecule has 1 aromatic carbocycles. The average molecular weight is 415 g/mol. The summed E-state index contributed by atoms with van der Waals surface area (Å²) in [6.45, 7) is 2.58. The molecule has 1 aliphatic rings. The molecule has 12 heteroatoms. The van der Waals surface area contributed by atoms with Gasteiger partial charge in [-0.05, 0) is 19.9 Å². The van der Waals surface area contributed by atoms with Crippen molar-refractivity contribution in [3.8, 4) is 0 Å². The molecule has 0 saturated heterocycles. The van der Waals surface area contributed by atoms with Crippen molar-refractivity contribution < 1.29 is 28.6 Å². The zero-order chi connectivity index (χ0) is 22.2. The lowest BCUT2D eigenvalue weighted by Gasteiger charge is -2.26. The van der Waals surface area contributed by atoms with Crippen LogP contribution in [0, 0.1) is 17.0 Å². The Morgan fingerprint density at radius 1 is 1.33 bits per heavy atom. The molecule has 1 aliphatic heterocycles. The number of hydrogen-bond donors (Lipinski definition) is 1. The van der Waals surface area contributed by atoms with Crippen LogP contribution < -0.4 is 5.32 Å². The van der Waals surface area contributed by atoms with Gasteiger partial charge in [-0.15, -0.1) is 0 Å². The van der Waals surface area contributed by atoms with E-state index in [2.05, 4.69) is 10.5 Å². The number of carbonyl (C=O) groups excluding carboxylic acids is 4. The Kier molecular flexibility index (Phi) is 5.32. The van der Waals surface area contributed by atoms with Crippen LogP contribution in [0.25, 0.3) is 0 Å². The van der Waals surface area contributed by atoms with Crippen molar-refractivity contribution in [1.82, 2.24) is 15.0 Å². The lowest BCUT2D eigenvalue weighted by atomic mass is 10.1. The number of amides is 4. The number of nitrogens with zero attached hydrogens (tertiary/aromatic N) is 4. The van der Waals surface area contributed by atoms with Crippen molar-refractivity contribution in [2.45, 2.75) is 19.9 Å². The van der Waals surface area contributed by atoms with E-state index in [4.69, 9.17) is 4.52 Å². The van der Waals surface area contributed by atoms with E-state index in [9.17, 15) is 29.3 Å². The third-order valence-electron chi connectivity index (χ3n) is 4.52. The topological polar surface area (TPSA) is 156 Å². The van der Waals surface area contributed by atoms with Gasteiger partial charge in [-0.1, -0.05) is 11.2 Å². The summed E-state index contributed by atoms with van der Waals surface area (Å²) < 4.78 is 4.83. The molecule has 156 valence electrons. The van der Waals surface area contributed by atoms with Crippen LogP contribution in [0.5, 0.6) is 0 Å². The van der Waals surface area contributed by atoms with Crippen LogP contribution in [0.2, 0.25) is 0 Å². The standard InChI is InChI=1S/C18H17N5O7/c1-9-7-13(20-30-9)19-14(24)8-21(3)16(25)10(2)22-17(26)11-5-4-6-12(23(28)29)15(11)18(22)27/h4-7,10H,8H2,1-3H3,(H,19,20,24)/t10-/m0/s1. The Balaban J connectivity index is 1.73. The predicted molar refractivity (Wildman–Crippen MR) is 101 cm³/mol. The summed E-state index contributed by atoms with van der Waals surface area (Å²) in [5.74, 6) is -2.33. The number of nitrogens with one attached hydrogen (secondary N) is 1. The first-order valence-corrected chi connectivity index (χ1v) is 8.75. The maximum Gasteiger partial charge on any atom is 0.282 e. The first-order valence-electron chi connectivity index (χ1n) is 8.75. The third-order valence-corrected chi connectivity index (χ3v) is 4.52. The van der Waals surface area contributed by atoms with Gasteiger partial charge in [-0.3, -0.25) is 34.2 Å². The van der Waals surface area contributed by atoms with Gasteiger partial charge in [0.2, 0.25) is 11.8 Å². The normalized spacial score (nSPS) is 13.8. The summed E-state index contributed by atoms with van der Waals surface area (Å²) in [4.78, 5) is 62.3. The molecule has 0 aliphatic carbocycles. The van der Waals surface area contributed by atoms with E-state index in [1.807, 2.05) is 0 Å². The molecule has 0 fully saturated rings. The van der Waals surface area contributed by atoms with Gasteiger partial charge in [0.25, 0.3) is 17.5 Å². The van der Waals surface area contributed by atoms with E-state index in [-0.39, 0.29) is 23.5 Å². The fourth-order valence-electron chi connectivity index (χ4n) is 3.12. The molecule has 0 spiro atoms. The van der Waals surface area contributed by atoms with Crippen LogP contribution in [0.15, 0.2) is 28.8 Å². The van der Waals surface area contributed by atoms with Crippen molar-refractivity contribution in [3.63, 3.8) is 0 Å². The van der Waals surface area contributed by atoms with Gasteiger partial charge in [0.05, 0.1) is 17.0 Å². The molecule has 0 bridgehead atoms. The molecule has 1 aromatic heterocycles. The van der Waals surface area contributed by atoms with Crippen molar-refractivity contribution >= 4 is 35.1 Å². The van der Waals surface area contributed by atoms with E-state index in [1.54, 1.807) is 6.92 Å². The summed E-state index contributed by atoms with van der Waals surface area (Å²) in [7, 11) is 1.33. The van der Waals surface area contributed by atoms with Crippen molar-refractivity contribution in [3.05, 3.63) is 51.3 Å². The molecule has 2 aromatic rings. The Morgan fingerprint density at radius 2 is 2.03 bits per heavy atom. The molecule has 4 amide bonds. The summed E-state index contributed by atoms with van der Waals surface area (Å²) in [6, 6.07) is 3.91. The SMILES string of the molecule is Cc1cc(NC(=O)CN(C)C(=O)[C@H](C)N2C(=O)c3cccc([N+](=O)[O-])c3C2=O)no1.